The molecule has 0 bridgehead atoms. The number of methoxy groups -OCH3 is 1. The molecule has 0 fully saturated rings. The number of ether oxygens (including phenoxy) is 1. The van der Waals surface area contributed by atoms with Gasteiger partial charge >= 0.3 is 11.7 Å². The van der Waals surface area contributed by atoms with Gasteiger partial charge in [0.15, 0.2) is 5.69 Å². The van der Waals surface area contributed by atoms with Crippen molar-refractivity contribution in [2.24, 2.45) is 0 Å². The van der Waals surface area contributed by atoms with Gasteiger partial charge in [-0.1, -0.05) is 6.08 Å². The maximum Gasteiger partial charge on any atom is 0.356 e. The van der Waals surface area contributed by atoms with E-state index in [0.29, 0.717) is 6.54 Å². The van der Waals surface area contributed by atoms with Crippen LogP contribution in [-0.4, -0.2) is 29.5 Å². The van der Waals surface area contributed by atoms with Crippen molar-refractivity contribution >= 4 is 17.5 Å². The monoisotopic (exact) mass is 237 g/mol. The smallest absolute Gasteiger partial charge is 0.356 e. The van der Waals surface area contributed by atoms with E-state index in [9.17, 15) is 14.9 Å². The zero-order valence-electron chi connectivity index (χ0n) is 9.17. The van der Waals surface area contributed by atoms with Crippen molar-refractivity contribution in [1.82, 2.24) is 4.98 Å². The molecule has 0 atom stereocenters. The number of nitro groups is 1. The number of nitrogens with one attached hydrogen (secondary N) is 1. The Morgan fingerprint density at radius 2 is 2.41 bits per heavy atom. The fourth-order valence-corrected chi connectivity index (χ4v) is 1.12. The Balaban J connectivity index is 3.13. The lowest BCUT2D eigenvalue weighted by molar-refractivity contribution is -0.384. The van der Waals surface area contributed by atoms with E-state index in [1.807, 2.05) is 0 Å². The summed E-state index contributed by atoms with van der Waals surface area (Å²) in [6.45, 7) is 3.78. The number of pyridine rings is 1. The first-order valence-corrected chi connectivity index (χ1v) is 4.68. The van der Waals surface area contributed by atoms with Crippen LogP contribution in [0.5, 0.6) is 0 Å². The molecule has 0 amide bonds. The second-order valence-corrected chi connectivity index (χ2v) is 2.98. The van der Waals surface area contributed by atoms with E-state index < -0.39 is 10.9 Å². The van der Waals surface area contributed by atoms with E-state index in [1.165, 1.54) is 25.3 Å². The summed E-state index contributed by atoms with van der Waals surface area (Å²) in [6, 6.07) is 2.44. The molecule has 90 valence electrons. The van der Waals surface area contributed by atoms with Crippen LogP contribution in [0.1, 0.15) is 10.5 Å². The number of hydrogen-bond acceptors (Lipinski definition) is 6. The minimum Gasteiger partial charge on any atom is -0.464 e. The van der Waals surface area contributed by atoms with Crippen LogP contribution in [0.2, 0.25) is 0 Å². The first-order chi connectivity index (χ1) is 8.10. The van der Waals surface area contributed by atoms with Gasteiger partial charge in [-0.25, -0.2) is 9.78 Å². The third-order valence-corrected chi connectivity index (χ3v) is 1.88. The number of aromatic nitrogens is 1. The van der Waals surface area contributed by atoms with E-state index >= 15 is 0 Å². The number of hydrogen-bond donors (Lipinski definition) is 1. The number of carbonyl (C=O) groups excluding carboxylic acids is 1. The van der Waals surface area contributed by atoms with Gasteiger partial charge < -0.3 is 10.1 Å². The van der Waals surface area contributed by atoms with Gasteiger partial charge in [0.25, 0.3) is 0 Å². The average Bonchev–Trinajstić information content (AvgIpc) is 2.34. The molecule has 0 unspecified atom stereocenters. The molecular weight excluding hydrogens is 226 g/mol. The Kier molecular flexibility index (Phi) is 4.15. The standard InChI is InChI=1S/C10H11N3O4/c1-3-6-11-9-8(13(15)16)5-4-7(12-9)10(14)17-2/h3-5H,1,6H2,2H3,(H,11,12). The quantitative estimate of drug-likeness (QED) is 0.359. The summed E-state index contributed by atoms with van der Waals surface area (Å²) in [4.78, 5) is 25.2. The maximum absolute atomic E-state index is 11.2. The van der Waals surface area contributed by atoms with E-state index in [-0.39, 0.29) is 17.2 Å². The normalized spacial score (nSPS) is 9.47. The molecule has 1 aromatic heterocycles. The molecular formula is C10H11N3O4. The molecule has 0 aromatic carbocycles. The zero-order valence-corrected chi connectivity index (χ0v) is 9.17. The van der Waals surface area contributed by atoms with Gasteiger partial charge in [0.1, 0.15) is 0 Å². The van der Waals surface area contributed by atoms with Gasteiger partial charge in [0, 0.05) is 12.6 Å². The lowest BCUT2D eigenvalue weighted by atomic mass is 10.3. The van der Waals surface area contributed by atoms with Crippen molar-refractivity contribution in [3.63, 3.8) is 0 Å². The molecule has 1 aromatic rings. The third-order valence-electron chi connectivity index (χ3n) is 1.88. The van der Waals surface area contributed by atoms with Gasteiger partial charge in [-0.15, -0.1) is 6.58 Å². The summed E-state index contributed by atoms with van der Waals surface area (Å²) < 4.78 is 4.48. The molecule has 0 saturated heterocycles. The zero-order chi connectivity index (χ0) is 12.8. The summed E-state index contributed by atoms with van der Waals surface area (Å²) in [5.41, 5.74) is -0.204. The predicted molar refractivity (Wildman–Crippen MR) is 60.9 cm³/mol. The van der Waals surface area contributed by atoms with Crippen molar-refractivity contribution in [3.8, 4) is 0 Å². The number of carbonyl (C=O) groups is 1. The molecule has 1 heterocycles. The second-order valence-electron chi connectivity index (χ2n) is 2.98. The van der Waals surface area contributed by atoms with E-state index in [4.69, 9.17) is 0 Å². The Morgan fingerprint density at radius 1 is 1.71 bits per heavy atom. The Labute approximate surface area is 97.3 Å². The summed E-state index contributed by atoms with van der Waals surface area (Å²) in [6.07, 6.45) is 1.52. The Bertz CT molecular complexity index is 459. The van der Waals surface area contributed by atoms with Crippen LogP contribution < -0.4 is 5.32 Å². The van der Waals surface area contributed by atoms with Crippen LogP contribution in [0.15, 0.2) is 24.8 Å². The molecule has 0 spiro atoms. The molecule has 7 heteroatoms. The van der Waals surface area contributed by atoms with Crippen LogP contribution in [0.25, 0.3) is 0 Å². The van der Waals surface area contributed by atoms with Crippen molar-refractivity contribution < 1.29 is 14.5 Å². The summed E-state index contributed by atoms with van der Waals surface area (Å²) in [5.74, 6) is -0.639. The number of nitrogens with zero attached hydrogens (tertiary/aromatic N) is 2. The summed E-state index contributed by atoms with van der Waals surface area (Å²) >= 11 is 0. The average molecular weight is 237 g/mol. The van der Waals surface area contributed by atoms with E-state index in [0.717, 1.165) is 0 Å². The molecule has 7 nitrogen and oxygen atoms in total. The van der Waals surface area contributed by atoms with Crippen molar-refractivity contribution in [3.05, 3.63) is 40.6 Å². The van der Waals surface area contributed by atoms with Gasteiger partial charge in [-0.05, 0) is 6.07 Å². The topological polar surface area (TPSA) is 94.4 Å². The van der Waals surface area contributed by atoms with Gasteiger partial charge in [0.2, 0.25) is 5.82 Å². The SMILES string of the molecule is C=CCNc1nc(C(=O)OC)ccc1[N+](=O)[O-]. The van der Waals surface area contributed by atoms with Crippen LogP contribution >= 0.6 is 0 Å². The number of rotatable bonds is 5. The van der Waals surface area contributed by atoms with Crippen LogP contribution in [-0.2, 0) is 4.74 Å². The van der Waals surface area contributed by atoms with Crippen molar-refractivity contribution in [1.29, 1.82) is 0 Å². The predicted octanol–water partition coefficient (Wildman–Crippen LogP) is 1.37. The Morgan fingerprint density at radius 3 is 2.94 bits per heavy atom. The van der Waals surface area contributed by atoms with Crippen LogP contribution in [0, 0.1) is 10.1 Å². The van der Waals surface area contributed by atoms with Gasteiger partial charge in [0.05, 0.1) is 12.0 Å². The van der Waals surface area contributed by atoms with E-state index in [2.05, 4.69) is 21.6 Å². The lowest BCUT2D eigenvalue weighted by Crippen LogP contribution is -2.09. The highest BCUT2D eigenvalue weighted by molar-refractivity contribution is 5.88. The molecule has 0 aliphatic carbocycles. The highest BCUT2D eigenvalue weighted by atomic mass is 16.6. The fourth-order valence-electron chi connectivity index (χ4n) is 1.12. The molecule has 0 saturated carbocycles. The molecule has 0 aliphatic rings. The third kappa shape index (κ3) is 3.00. The lowest BCUT2D eigenvalue weighted by Gasteiger charge is -2.05. The number of anilines is 1. The Hall–Kier alpha value is -2.44. The highest BCUT2D eigenvalue weighted by Crippen LogP contribution is 2.22. The number of esters is 1. The molecule has 17 heavy (non-hydrogen) atoms. The van der Waals surface area contributed by atoms with Crippen molar-refractivity contribution in [2.75, 3.05) is 19.0 Å². The largest absolute Gasteiger partial charge is 0.464 e. The molecule has 1 N–H and O–H groups in total. The summed E-state index contributed by atoms with van der Waals surface area (Å²) in [7, 11) is 1.21. The van der Waals surface area contributed by atoms with Crippen LogP contribution in [0.3, 0.4) is 0 Å². The molecule has 0 radical (unpaired) electrons. The highest BCUT2D eigenvalue weighted by Gasteiger charge is 2.18. The minimum absolute atomic E-state index is 0.00432. The summed E-state index contributed by atoms with van der Waals surface area (Å²) in [5, 5.41) is 13.4. The first kappa shape index (κ1) is 12.6. The van der Waals surface area contributed by atoms with Crippen molar-refractivity contribution in [2.45, 2.75) is 0 Å². The first-order valence-electron chi connectivity index (χ1n) is 4.68. The molecule has 0 aliphatic heterocycles. The van der Waals surface area contributed by atoms with Crippen LogP contribution in [0.4, 0.5) is 11.5 Å². The minimum atomic E-state index is -0.651. The fraction of sp³-hybridized carbons (Fsp3) is 0.200. The second kappa shape index (κ2) is 5.59. The van der Waals surface area contributed by atoms with E-state index in [1.54, 1.807) is 0 Å². The van der Waals surface area contributed by atoms with Gasteiger partial charge in [-0.3, -0.25) is 10.1 Å². The van der Waals surface area contributed by atoms with Gasteiger partial charge in [-0.2, -0.15) is 0 Å². The molecule has 1 rings (SSSR count). The maximum atomic E-state index is 11.2.